The monoisotopic (exact) mass is 250 g/mol. The Bertz CT molecular complexity index is 403. The molecule has 0 aliphatic carbocycles. The molecule has 1 amide bonds. The largest absolute Gasteiger partial charge is 0.483 e. The van der Waals surface area contributed by atoms with Crippen LogP contribution < -0.4 is 10.2 Å². The van der Waals surface area contributed by atoms with E-state index in [0.29, 0.717) is 13.2 Å². The molecule has 1 N–H and O–H groups in total. The Morgan fingerprint density at radius 3 is 2.83 bits per heavy atom. The van der Waals surface area contributed by atoms with Crippen LogP contribution in [0.15, 0.2) is 24.3 Å². The van der Waals surface area contributed by atoms with Crippen LogP contribution in [0.4, 0.5) is 0 Å². The number of carbonyl (C=O) groups is 1. The van der Waals surface area contributed by atoms with Gasteiger partial charge in [0.2, 0.25) is 0 Å². The number of benzene rings is 1. The van der Waals surface area contributed by atoms with Gasteiger partial charge in [0.25, 0.3) is 5.91 Å². The van der Waals surface area contributed by atoms with Gasteiger partial charge < -0.3 is 9.47 Å². The lowest BCUT2D eigenvalue weighted by molar-refractivity contribution is -0.130. The average Bonchev–Trinajstić information content (AvgIpc) is 2.39. The summed E-state index contributed by atoms with van der Waals surface area (Å²) in [4.78, 5) is 11.7. The summed E-state index contributed by atoms with van der Waals surface area (Å²) in [5.41, 5.74) is 3.82. The fraction of sp³-hybridized carbons (Fsp3) is 0.462. The van der Waals surface area contributed by atoms with Gasteiger partial charge in [-0.1, -0.05) is 18.2 Å². The van der Waals surface area contributed by atoms with Crippen LogP contribution >= 0.6 is 0 Å². The highest BCUT2D eigenvalue weighted by molar-refractivity contribution is 5.77. The number of hydrazine groups is 1. The quantitative estimate of drug-likeness (QED) is 0.856. The van der Waals surface area contributed by atoms with Crippen LogP contribution in [-0.4, -0.2) is 43.8 Å². The van der Waals surface area contributed by atoms with E-state index in [9.17, 15) is 4.79 Å². The van der Waals surface area contributed by atoms with Crippen LogP contribution in [0.2, 0.25) is 0 Å². The van der Waals surface area contributed by atoms with Gasteiger partial charge in [0, 0.05) is 13.1 Å². The van der Waals surface area contributed by atoms with E-state index in [0.717, 1.165) is 24.4 Å². The summed E-state index contributed by atoms with van der Waals surface area (Å²) in [7, 11) is 0. The van der Waals surface area contributed by atoms with Crippen molar-refractivity contribution in [2.75, 3.05) is 32.9 Å². The second kappa shape index (κ2) is 6.37. The normalized spacial score (nSPS) is 16.3. The number of nitrogens with zero attached hydrogens (tertiary/aromatic N) is 1. The van der Waals surface area contributed by atoms with Crippen molar-refractivity contribution in [1.82, 2.24) is 10.4 Å². The first-order valence-electron chi connectivity index (χ1n) is 6.06. The van der Waals surface area contributed by atoms with Gasteiger partial charge in [0.05, 0.1) is 13.2 Å². The van der Waals surface area contributed by atoms with Crippen LogP contribution in [0.5, 0.6) is 5.75 Å². The standard InChI is InChI=1S/C13H18N2O3/c1-11-4-2-3-5-12(11)18-10-13(16)14-15-6-8-17-9-7-15/h2-5H,6-10H2,1H3,(H,14,16). The lowest BCUT2D eigenvalue weighted by Gasteiger charge is -2.26. The summed E-state index contributed by atoms with van der Waals surface area (Å²) in [6, 6.07) is 7.64. The Labute approximate surface area is 107 Å². The van der Waals surface area contributed by atoms with Gasteiger partial charge in [-0.2, -0.15) is 0 Å². The number of amides is 1. The Kier molecular flexibility index (Phi) is 4.55. The maximum Gasteiger partial charge on any atom is 0.272 e. The minimum Gasteiger partial charge on any atom is -0.483 e. The summed E-state index contributed by atoms with van der Waals surface area (Å²) in [6.45, 7) is 4.72. The molecule has 0 unspecified atom stereocenters. The van der Waals surface area contributed by atoms with E-state index in [1.807, 2.05) is 36.2 Å². The molecule has 0 bridgehead atoms. The molecule has 98 valence electrons. The zero-order valence-electron chi connectivity index (χ0n) is 10.5. The Balaban J connectivity index is 1.76. The predicted octanol–water partition coefficient (Wildman–Crippen LogP) is 0.737. The maximum atomic E-state index is 11.7. The molecule has 1 aliphatic heterocycles. The number of carbonyl (C=O) groups excluding carboxylic acids is 1. The van der Waals surface area contributed by atoms with Crippen molar-refractivity contribution in [3.05, 3.63) is 29.8 Å². The van der Waals surface area contributed by atoms with Crippen molar-refractivity contribution >= 4 is 5.91 Å². The van der Waals surface area contributed by atoms with Gasteiger partial charge in [-0.15, -0.1) is 0 Å². The highest BCUT2D eigenvalue weighted by Crippen LogP contribution is 2.15. The lowest BCUT2D eigenvalue weighted by atomic mass is 10.2. The Morgan fingerprint density at radius 2 is 2.11 bits per heavy atom. The molecule has 0 spiro atoms. The molecule has 1 aromatic carbocycles. The van der Waals surface area contributed by atoms with E-state index in [2.05, 4.69) is 5.43 Å². The third kappa shape index (κ3) is 3.72. The summed E-state index contributed by atoms with van der Waals surface area (Å²) in [5, 5.41) is 1.85. The van der Waals surface area contributed by atoms with E-state index in [-0.39, 0.29) is 12.5 Å². The number of para-hydroxylation sites is 1. The highest BCUT2D eigenvalue weighted by Gasteiger charge is 2.13. The van der Waals surface area contributed by atoms with Crippen LogP contribution in [0.25, 0.3) is 0 Å². The van der Waals surface area contributed by atoms with Gasteiger partial charge in [-0.25, -0.2) is 5.01 Å². The fourth-order valence-corrected chi connectivity index (χ4v) is 1.75. The maximum absolute atomic E-state index is 11.7. The van der Waals surface area contributed by atoms with Gasteiger partial charge in [-0.05, 0) is 18.6 Å². The second-order valence-corrected chi connectivity index (χ2v) is 4.19. The predicted molar refractivity (Wildman–Crippen MR) is 67.2 cm³/mol. The van der Waals surface area contributed by atoms with Crippen LogP contribution in [0.3, 0.4) is 0 Å². The molecule has 1 fully saturated rings. The Morgan fingerprint density at radius 1 is 1.39 bits per heavy atom. The molecule has 18 heavy (non-hydrogen) atoms. The molecule has 0 atom stereocenters. The first kappa shape index (κ1) is 12.9. The van der Waals surface area contributed by atoms with Crippen molar-refractivity contribution in [3.8, 4) is 5.75 Å². The van der Waals surface area contributed by atoms with Gasteiger partial charge in [-0.3, -0.25) is 10.2 Å². The fourth-order valence-electron chi connectivity index (χ4n) is 1.75. The van der Waals surface area contributed by atoms with E-state index < -0.39 is 0 Å². The number of nitrogens with one attached hydrogen (secondary N) is 1. The van der Waals surface area contributed by atoms with Crippen molar-refractivity contribution in [1.29, 1.82) is 0 Å². The lowest BCUT2D eigenvalue weighted by Crippen LogP contribution is -2.49. The first-order chi connectivity index (χ1) is 8.75. The topological polar surface area (TPSA) is 50.8 Å². The zero-order valence-corrected chi connectivity index (χ0v) is 10.5. The smallest absolute Gasteiger partial charge is 0.272 e. The molecule has 2 rings (SSSR count). The minimum absolute atomic E-state index is 0.0300. The number of aryl methyl sites for hydroxylation is 1. The summed E-state index contributed by atoms with van der Waals surface area (Å²) in [6.07, 6.45) is 0. The Hall–Kier alpha value is -1.59. The second-order valence-electron chi connectivity index (χ2n) is 4.19. The number of morpholine rings is 1. The van der Waals surface area contributed by atoms with Crippen LogP contribution in [0.1, 0.15) is 5.56 Å². The van der Waals surface area contributed by atoms with Gasteiger partial charge in [0.1, 0.15) is 5.75 Å². The molecule has 1 heterocycles. The van der Waals surface area contributed by atoms with Gasteiger partial charge >= 0.3 is 0 Å². The molecule has 1 aromatic rings. The minimum atomic E-state index is -0.139. The SMILES string of the molecule is Cc1ccccc1OCC(=O)NN1CCOCC1. The molecule has 5 heteroatoms. The molecule has 0 aromatic heterocycles. The number of hydrogen-bond donors (Lipinski definition) is 1. The van der Waals surface area contributed by atoms with Crippen molar-refractivity contribution in [2.24, 2.45) is 0 Å². The number of rotatable bonds is 4. The molecule has 1 saturated heterocycles. The van der Waals surface area contributed by atoms with Crippen molar-refractivity contribution in [3.63, 3.8) is 0 Å². The third-order valence-electron chi connectivity index (χ3n) is 2.75. The average molecular weight is 250 g/mol. The van der Waals surface area contributed by atoms with Gasteiger partial charge in [0.15, 0.2) is 6.61 Å². The summed E-state index contributed by atoms with van der Waals surface area (Å²) >= 11 is 0. The molecular weight excluding hydrogens is 232 g/mol. The van der Waals surface area contributed by atoms with E-state index >= 15 is 0 Å². The molecule has 0 radical (unpaired) electrons. The summed E-state index contributed by atoms with van der Waals surface area (Å²) < 4.78 is 10.7. The van der Waals surface area contributed by atoms with Crippen molar-refractivity contribution < 1.29 is 14.3 Å². The molecular formula is C13H18N2O3. The van der Waals surface area contributed by atoms with Crippen LogP contribution in [0, 0.1) is 6.92 Å². The zero-order chi connectivity index (χ0) is 12.8. The molecule has 5 nitrogen and oxygen atoms in total. The van der Waals surface area contributed by atoms with E-state index in [1.165, 1.54) is 0 Å². The first-order valence-corrected chi connectivity index (χ1v) is 6.06. The summed E-state index contributed by atoms with van der Waals surface area (Å²) in [5.74, 6) is 0.606. The third-order valence-corrected chi connectivity index (χ3v) is 2.75. The van der Waals surface area contributed by atoms with E-state index in [4.69, 9.17) is 9.47 Å². The van der Waals surface area contributed by atoms with Crippen molar-refractivity contribution in [2.45, 2.75) is 6.92 Å². The number of ether oxygens (including phenoxy) is 2. The molecule has 1 aliphatic rings. The number of hydrogen-bond acceptors (Lipinski definition) is 4. The van der Waals surface area contributed by atoms with E-state index in [1.54, 1.807) is 0 Å². The molecule has 0 saturated carbocycles. The van der Waals surface area contributed by atoms with Crippen LogP contribution in [-0.2, 0) is 9.53 Å². The highest BCUT2D eigenvalue weighted by atomic mass is 16.5.